The van der Waals surface area contributed by atoms with Crippen molar-refractivity contribution in [1.29, 1.82) is 0 Å². The van der Waals surface area contributed by atoms with Crippen LogP contribution in [0.3, 0.4) is 0 Å². The molecule has 0 saturated heterocycles. The maximum absolute atomic E-state index is 12.8. The molecule has 0 unspecified atom stereocenters. The third-order valence-electron chi connectivity index (χ3n) is 5.98. The second kappa shape index (κ2) is 8.81. The second-order valence-corrected chi connectivity index (χ2v) is 8.25. The van der Waals surface area contributed by atoms with Crippen molar-refractivity contribution in [3.8, 4) is 5.75 Å². The molecule has 1 fully saturated rings. The van der Waals surface area contributed by atoms with Gasteiger partial charge in [0, 0.05) is 13.1 Å². The molecule has 1 saturated carbocycles. The van der Waals surface area contributed by atoms with E-state index >= 15 is 0 Å². The summed E-state index contributed by atoms with van der Waals surface area (Å²) in [5.74, 6) is 1.37. The molecule has 10 heteroatoms. The number of rotatable bonds is 6. The van der Waals surface area contributed by atoms with E-state index < -0.39 is 0 Å². The normalized spacial score (nSPS) is 16.2. The van der Waals surface area contributed by atoms with Crippen molar-refractivity contribution in [2.75, 3.05) is 23.8 Å². The molecule has 0 spiro atoms. The van der Waals surface area contributed by atoms with Crippen molar-refractivity contribution < 1.29 is 14.3 Å². The van der Waals surface area contributed by atoms with Crippen LogP contribution in [0.4, 0.5) is 11.5 Å². The molecule has 3 heterocycles. The highest BCUT2D eigenvalue weighted by atomic mass is 16.5. The van der Waals surface area contributed by atoms with Crippen LogP contribution in [0.15, 0.2) is 24.5 Å². The first-order valence-corrected chi connectivity index (χ1v) is 10.9. The van der Waals surface area contributed by atoms with Gasteiger partial charge in [-0.1, -0.05) is 25.3 Å². The molecule has 10 nitrogen and oxygen atoms in total. The summed E-state index contributed by atoms with van der Waals surface area (Å²) in [6, 6.07) is 5.40. The number of hydrogen-bond acceptors (Lipinski definition) is 7. The van der Waals surface area contributed by atoms with Crippen LogP contribution in [0.2, 0.25) is 0 Å². The maximum Gasteiger partial charge on any atom is 0.272 e. The van der Waals surface area contributed by atoms with Crippen LogP contribution in [0.25, 0.3) is 11.0 Å². The minimum Gasteiger partial charge on any atom is -0.482 e. The zero-order valence-electron chi connectivity index (χ0n) is 17.6. The summed E-state index contributed by atoms with van der Waals surface area (Å²) in [4.78, 5) is 32.8. The van der Waals surface area contributed by atoms with Crippen LogP contribution >= 0.6 is 0 Å². The fourth-order valence-corrected chi connectivity index (χ4v) is 4.27. The number of ether oxygens (including phenoxy) is 1. The predicted molar refractivity (Wildman–Crippen MR) is 118 cm³/mol. The molecule has 166 valence electrons. The Labute approximate surface area is 184 Å². The Hall–Kier alpha value is -3.69. The number of hydrogen-bond donors (Lipinski definition) is 4. The highest BCUT2D eigenvalue weighted by Gasteiger charge is 2.20. The molecule has 0 radical (unpaired) electrons. The highest BCUT2D eigenvalue weighted by Crippen LogP contribution is 2.29. The quantitative estimate of drug-likeness (QED) is 0.468. The number of carbonyl (C=O) groups excluding carboxylic acids is 2. The Balaban J connectivity index is 1.26. The number of aromatic amines is 1. The molecular weight excluding hydrogens is 410 g/mol. The largest absolute Gasteiger partial charge is 0.482 e. The lowest BCUT2D eigenvalue weighted by Crippen LogP contribution is -2.26. The average Bonchev–Trinajstić information content (AvgIpc) is 3.25. The van der Waals surface area contributed by atoms with E-state index in [0.717, 1.165) is 12.1 Å². The standard InChI is InChI=1S/C22H25N7O3/c30-17-11-32-16-7-6-14(8-15(16)27-17)10-24-22(31)20-18-19(25-12-26-20)21(29-28-18)23-9-13-4-2-1-3-5-13/h6-8,12-13H,1-5,9-11H2,(H,24,31)(H,27,30)(H2,23,28,29). The molecule has 32 heavy (non-hydrogen) atoms. The van der Waals surface area contributed by atoms with Gasteiger partial charge in [-0.25, -0.2) is 9.97 Å². The van der Waals surface area contributed by atoms with Crippen LogP contribution in [0.1, 0.15) is 48.2 Å². The topological polar surface area (TPSA) is 134 Å². The Morgan fingerprint density at radius 2 is 2.06 bits per heavy atom. The van der Waals surface area contributed by atoms with Crippen molar-refractivity contribution in [3.05, 3.63) is 35.8 Å². The molecule has 0 atom stereocenters. The lowest BCUT2D eigenvalue weighted by Gasteiger charge is -2.21. The van der Waals surface area contributed by atoms with Gasteiger partial charge in [0.25, 0.3) is 11.8 Å². The van der Waals surface area contributed by atoms with Crippen molar-refractivity contribution in [1.82, 2.24) is 25.5 Å². The molecule has 1 aromatic carbocycles. The summed E-state index contributed by atoms with van der Waals surface area (Å²) >= 11 is 0. The number of anilines is 2. The van der Waals surface area contributed by atoms with Crippen LogP contribution in [0.5, 0.6) is 5.75 Å². The van der Waals surface area contributed by atoms with Crippen LogP contribution in [-0.2, 0) is 11.3 Å². The molecule has 3 aromatic rings. The molecule has 4 N–H and O–H groups in total. The summed E-state index contributed by atoms with van der Waals surface area (Å²) in [5.41, 5.74) is 2.77. The Kier molecular flexibility index (Phi) is 5.57. The number of fused-ring (bicyclic) bond motifs is 2. The molecular formula is C22H25N7O3. The second-order valence-electron chi connectivity index (χ2n) is 8.25. The molecule has 0 bridgehead atoms. The first kappa shape index (κ1) is 20.2. The number of nitrogens with one attached hydrogen (secondary N) is 4. The van der Waals surface area contributed by atoms with Crippen molar-refractivity contribution >= 4 is 34.4 Å². The van der Waals surface area contributed by atoms with Gasteiger partial charge >= 0.3 is 0 Å². The van der Waals surface area contributed by atoms with E-state index in [4.69, 9.17) is 4.74 Å². The fraction of sp³-hybridized carbons (Fsp3) is 0.409. The number of carbonyl (C=O) groups is 2. The number of aromatic nitrogens is 4. The molecule has 2 amide bonds. The minimum absolute atomic E-state index is 0.00841. The van der Waals surface area contributed by atoms with Crippen molar-refractivity contribution in [2.45, 2.75) is 38.6 Å². The van der Waals surface area contributed by atoms with Gasteiger partial charge < -0.3 is 20.7 Å². The first-order chi connectivity index (χ1) is 15.7. The minimum atomic E-state index is -0.335. The summed E-state index contributed by atoms with van der Waals surface area (Å²) in [5, 5.41) is 16.2. The van der Waals surface area contributed by atoms with Crippen LogP contribution < -0.4 is 20.7 Å². The lowest BCUT2D eigenvalue weighted by atomic mass is 9.89. The lowest BCUT2D eigenvalue weighted by molar-refractivity contribution is -0.118. The van der Waals surface area contributed by atoms with Gasteiger partial charge in [0.05, 0.1) is 5.69 Å². The fourth-order valence-electron chi connectivity index (χ4n) is 4.27. The van der Waals surface area contributed by atoms with Crippen LogP contribution in [0, 0.1) is 5.92 Å². The predicted octanol–water partition coefficient (Wildman–Crippen LogP) is 2.61. The van der Waals surface area contributed by atoms with E-state index in [-0.39, 0.29) is 30.7 Å². The number of amides is 2. The van der Waals surface area contributed by atoms with Crippen molar-refractivity contribution in [2.24, 2.45) is 5.92 Å². The molecule has 5 rings (SSSR count). The highest BCUT2D eigenvalue weighted by molar-refractivity contribution is 6.04. The van der Waals surface area contributed by atoms with Gasteiger partial charge in [-0.05, 0) is 36.5 Å². The SMILES string of the molecule is O=C1COc2ccc(CNC(=O)c3ncnc4c(NCC5CCCCC5)n[nH]c34)cc2N1. The Bertz CT molecular complexity index is 1150. The monoisotopic (exact) mass is 435 g/mol. The van der Waals surface area contributed by atoms with Crippen molar-refractivity contribution in [3.63, 3.8) is 0 Å². The van der Waals surface area contributed by atoms with E-state index in [0.29, 0.717) is 34.2 Å². The van der Waals surface area contributed by atoms with Gasteiger partial charge in [0.2, 0.25) is 0 Å². The summed E-state index contributed by atoms with van der Waals surface area (Å²) in [7, 11) is 0. The Morgan fingerprint density at radius 3 is 2.94 bits per heavy atom. The Morgan fingerprint density at radius 1 is 1.19 bits per heavy atom. The number of benzene rings is 1. The molecule has 2 aromatic heterocycles. The first-order valence-electron chi connectivity index (χ1n) is 10.9. The number of nitrogens with zero attached hydrogens (tertiary/aromatic N) is 3. The third kappa shape index (κ3) is 4.20. The molecule has 2 aliphatic rings. The van der Waals surface area contributed by atoms with E-state index in [1.54, 1.807) is 12.1 Å². The summed E-state index contributed by atoms with van der Waals surface area (Å²) < 4.78 is 5.36. The van der Waals surface area contributed by atoms with Gasteiger partial charge in [-0.3, -0.25) is 14.7 Å². The summed E-state index contributed by atoms with van der Waals surface area (Å²) in [6.45, 7) is 1.13. The summed E-state index contributed by atoms with van der Waals surface area (Å²) in [6.07, 6.45) is 7.73. The van der Waals surface area contributed by atoms with E-state index in [9.17, 15) is 9.59 Å². The van der Waals surface area contributed by atoms with Gasteiger partial charge in [0.15, 0.2) is 18.1 Å². The van der Waals surface area contributed by atoms with E-state index in [2.05, 4.69) is 36.1 Å². The smallest absolute Gasteiger partial charge is 0.272 e. The third-order valence-corrected chi connectivity index (χ3v) is 5.98. The number of H-pyrrole nitrogens is 1. The zero-order chi connectivity index (χ0) is 21.9. The zero-order valence-corrected chi connectivity index (χ0v) is 17.6. The molecule has 1 aliphatic heterocycles. The van der Waals surface area contributed by atoms with Gasteiger partial charge in [0.1, 0.15) is 23.1 Å². The van der Waals surface area contributed by atoms with E-state index in [1.807, 2.05) is 6.07 Å². The van der Waals surface area contributed by atoms with Gasteiger partial charge in [-0.2, -0.15) is 5.10 Å². The molecule has 1 aliphatic carbocycles. The maximum atomic E-state index is 12.8. The van der Waals surface area contributed by atoms with E-state index in [1.165, 1.54) is 38.4 Å². The van der Waals surface area contributed by atoms with Crippen LogP contribution in [-0.4, -0.2) is 45.1 Å². The van der Waals surface area contributed by atoms with Gasteiger partial charge in [-0.15, -0.1) is 0 Å². The average molecular weight is 435 g/mol.